The quantitative estimate of drug-likeness (QED) is 0.702. The molecule has 1 aliphatic rings. The number of hydrogen-bond donors (Lipinski definition) is 2. The lowest BCUT2D eigenvalue weighted by atomic mass is 9.93. The summed E-state index contributed by atoms with van der Waals surface area (Å²) in [6.45, 7) is 9.47. The van der Waals surface area contributed by atoms with Gasteiger partial charge in [-0.3, -0.25) is 14.5 Å². The van der Waals surface area contributed by atoms with Crippen LogP contribution in [0.15, 0.2) is 36.7 Å². The van der Waals surface area contributed by atoms with E-state index in [4.69, 9.17) is 4.74 Å². The molecule has 0 aliphatic carbocycles. The van der Waals surface area contributed by atoms with Crippen LogP contribution < -0.4 is 10.6 Å². The van der Waals surface area contributed by atoms with Gasteiger partial charge in [0.1, 0.15) is 5.60 Å². The number of anilines is 1. The van der Waals surface area contributed by atoms with Gasteiger partial charge in [0.05, 0.1) is 35.2 Å². The third-order valence-electron chi connectivity index (χ3n) is 5.04. The maximum absolute atomic E-state index is 13.0. The van der Waals surface area contributed by atoms with Crippen LogP contribution in [0.2, 0.25) is 0 Å². The Bertz CT molecular complexity index is 987. The highest BCUT2D eigenvalue weighted by atomic mass is 16.6. The van der Waals surface area contributed by atoms with Crippen LogP contribution in [0.5, 0.6) is 0 Å². The second kappa shape index (κ2) is 8.91. The van der Waals surface area contributed by atoms with Gasteiger partial charge < -0.3 is 15.4 Å². The number of alkyl carbamates (subject to hydrolysis) is 1. The summed E-state index contributed by atoms with van der Waals surface area (Å²) >= 11 is 0. The number of aromatic nitrogens is 3. The molecular formula is C23H31N5O3. The molecule has 8 heteroatoms. The van der Waals surface area contributed by atoms with Crippen molar-refractivity contribution in [2.24, 2.45) is 18.9 Å². The molecule has 0 radical (unpaired) electrons. The van der Waals surface area contributed by atoms with Crippen LogP contribution in [0.4, 0.5) is 10.5 Å². The van der Waals surface area contributed by atoms with E-state index in [-0.39, 0.29) is 17.7 Å². The second-order valence-corrected chi connectivity index (χ2v) is 9.12. The van der Waals surface area contributed by atoms with Crippen LogP contribution in [-0.2, 0) is 16.6 Å². The minimum Gasteiger partial charge on any atom is -0.444 e. The van der Waals surface area contributed by atoms with Crippen LogP contribution >= 0.6 is 0 Å². The van der Waals surface area contributed by atoms with Gasteiger partial charge >= 0.3 is 6.09 Å². The van der Waals surface area contributed by atoms with E-state index in [0.717, 1.165) is 11.3 Å². The zero-order chi connectivity index (χ0) is 22.8. The van der Waals surface area contributed by atoms with E-state index in [9.17, 15) is 9.59 Å². The van der Waals surface area contributed by atoms with Crippen molar-refractivity contribution in [1.82, 2.24) is 20.1 Å². The van der Waals surface area contributed by atoms with Crippen molar-refractivity contribution in [2.75, 3.05) is 5.32 Å². The van der Waals surface area contributed by atoms with Crippen molar-refractivity contribution in [2.45, 2.75) is 52.7 Å². The van der Waals surface area contributed by atoms with E-state index in [1.54, 1.807) is 17.1 Å². The minimum absolute atomic E-state index is 0.0907. The molecule has 2 atom stereocenters. The summed E-state index contributed by atoms with van der Waals surface area (Å²) in [5.74, 6) is -0.305. The number of fused-ring (bicyclic) bond motifs is 4. The zero-order valence-electron chi connectivity index (χ0n) is 19.0. The fourth-order valence-electron chi connectivity index (χ4n) is 3.55. The summed E-state index contributed by atoms with van der Waals surface area (Å²) in [4.78, 5) is 30.0. The largest absolute Gasteiger partial charge is 0.444 e. The summed E-state index contributed by atoms with van der Waals surface area (Å²) in [5, 5.41) is 10.3. The average Bonchev–Trinajstić information content (AvgIpc) is 3.01. The molecule has 2 N–H and O–H groups in total. The van der Waals surface area contributed by atoms with E-state index < -0.39 is 17.7 Å². The van der Waals surface area contributed by atoms with E-state index in [2.05, 4.69) is 20.7 Å². The number of amides is 2. The lowest BCUT2D eigenvalue weighted by molar-refractivity contribution is -0.119. The molecule has 0 unspecified atom stereocenters. The topological polar surface area (TPSA) is 98.1 Å². The van der Waals surface area contributed by atoms with Crippen LogP contribution in [0.3, 0.4) is 0 Å². The Hall–Kier alpha value is -3.16. The number of rotatable bonds is 2. The predicted octanol–water partition coefficient (Wildman–Crippen LogP) is 4.22. The second-order valence-electron chi connectivity index (χ2n) is 9.12. The first kappa shape index (κ1) is 22.5. The molecule has 31 heavy (non-hydrogen) atoms. The third kappa shape index (κ3) is 5.51. The van der Waals surface area contributed by atoms with Gasteiger partial charge in [-0.1, -0.05) is 26.0 Å². The lowest BCUT2D eigenvalue weighted by Gasteiger charge is -2.24. The Morgan fingerprint density at radius 2 is 2.10 bits per heavy atom. The molecule has 2 aromatic rings. The van der Waals surface area contributed by atoms with Crippen molar-refractivity contribution >= 4 is 17.7 Å². The van der Waals surface area contributed by atoms with Crippen molar-refractivity contribution in [3.05, 3.63) is 42.4 Å². The first-order valence-electron chi connectivity index (χ1n) is 10.5. The van der Waals surface area contributed by atoms with Crippen LogP contribution in [0.1, 0.15) is 52.8 Å². The van der Waals surface area contributed by atoms with Crippen LogP contribution in [0.25, 0.3) is 11.3 Å². The average molecular weight is 426 g/mol. The number of nitrogens with zero attached hydrogens (tertiary/aromatic N) is 3. The maximum Gasteiger partial charge on any atom is 0.408 e. The molecule has 2 aromatic heterocycles. The Labute approximate surface area is 183 Å². The van der Waals surface area contributed by atoms with Crippen molar-refractivity contribution in [1.29, 1.82) is 0 Å². The molecule has 3 heterocycles. The highest BCUT2D eigenvalue weighted by Crippen LogP contribution is 2.31. The Kier molecular flexibility index (Phi) is 6.48. The van der Waals surface area contributed by atoms with Gasteiger partial charge in [0.15, 0.2) is 0 Å². The number of ether oxygens (including phenoxy) is 1. The summed E-state index contributed by atoms with van der Waals surface area (Å²) < 4.78 is 7.16. The molecule has 0 aromatic carbocycles. The summed E-state index contributed by atoms with van der Waals surface area (Å²) in [7, 11) is 1.83. The van der Waals surface area contributed by atoms with Gasteiger partial charge in [-0.25, -0.2) is 4.79 Å². The van der Waals surface area contributed by atoms with E-state index >= 15 is 0 Å². The van der Waals surface area contributed by atoms with Crippen LogP contribution in [-0.4, -0.2) is 32.4 Å². The first-order chi connectivity index (χ1) is 14.5. The van der Waals surface area contributed by atoms with E-state index in [0.29, 0.717) is 17.8 Å². The molecule has 0 saturated heterocycles. The summed E-state index contributed by atoms with van der Waals surface area (Å²) in [6, 6.07) is 3.37. The maximum atomic E-state index is 13.0. The number of hydrogen-bond acceptors (Lipinski definition) is 5. The molecule has 8 nitrogen and oxygen atoms in total. The molecule has 166 valence electrons. The molecule has 1 aliphatic heterocycles. The number of pyridine rings is 1. The van der Waals surface area contributed by atoms with Crippen molar-refractivity contribution in [3.63, 3.8) is 0 Å². The Morgan fingerprint density at radius 1 is 1.35 bits per heavy atom. The van der Waals surface area contributed by atoms with Gasteiger partial charge in [0.2, 0.25) is 5.91 Å². The van der Waals surface area contributed by atoms with Gasteiger partial charge in [-0.15, -0.1) is 0 Å². The number of carbonyl (C=O) groups is 2. The van der Waals surface area contributed by atoms with Crippen molar-refractivity contribution < 1.29 is 14.3 Å². The predicted molar refractivity (Wildman–Crippen MR) is 119 cm³/mol. The minimum atomic E-state index is -0.606. The molecule has 0 fully saturated rings. The highest BCUT2D eigenvalue weighted by molar-refractivity contribution is 5.97. The molecular weight excluding hydrogens is 394 g/mol. The van der Waals surface area contributed by atoms with Gasteiger partial charge in [0, 0.05) is 18.8 Å². The van der Waals surface area contributed by atoms with Gasteiger partial charge in [0.25, 0.3) is 0 Å². The van der Waals surface area contributed by atoms with E-state index in [1.807, 2.05) is 66.0 Å². The number of carbonyl (C=O) groups excluding carboxylic acids is 2. The van der Waals surface area contributed by atoms with Crippen molar-refractivity contribution in [3.8, 4) is 11.3 Å². The first-order valence-corrected chi connectivity index (χ1v) is 10.5. The fraction of sp³-hybridized carbons (Fsp3) is 0.478. The highest BCUT2D eigenvalue weighted by Gasteiger charge is 2.25. The van der Waals surface area contributed by atoms with Gasteiger partial charge in [-0.05, 0) is 45.2 Å². The molecule has 2 bridgehead atoms. The molecule has 3 rings (SSSR count). The lowest BCUT2D eigenvalue weighted by Crippen LogP contribution is -2.35. The fourth-order valence-corrected chi connectivity index (χ4v) is 3.55. The molecule has 2 amide bonds. The van der Waals surface area contributed by atoms with Gasteiger partial charge in [-0.2, -0.15) is 5.10 Å². The van der Waals surface area contributed by atoms with E-state index in [1.165, 1.54) is 0 Å². The number of nitrogens with one attached hydrogen (secondary N) is 2. The monoisotopic (exact) mass is 425 g/mol. The third-order valence-corrected chi connectivity index (χ3v) is 5.04. The molecule has 0 saturated carbocycles. The standard InChI is InChI=1S/C23H31N5O3/c1-14(2)16-8-7-9-17(27-22(30)31-23(3,4)5)18-12-15(10-11-24-18)20-19(26-21(16)29)13-25-28(20)6/h7-8,10-14,16-17H,9H2,1-6H3,(H,26,29)(H,27,30)/t16-,17+/m1/s1. The SMILES string of the molecule is CC(C)[C@H]1C=CC[C@H](NC(=O)OC(C)(C)C)c2cc(ccn2)-c2c(cnn2C)NC1=O. The summed E-state index contributed by atoms with van der Waals surface area (Å²) in [5.41, 5.74) is 2.36. The Balaban J connectivity index is 2.05. The number of aryl methyl sites for hydroxylation is 1. The summed E-state index contributed by atoms with van der Waals surface area (Å²) in [6.07, 6.45) is 7.13. The smallest absolute Gasteiger partial charge is 0.408 e. The van der Waals surface area contributed by atoms with Crippen LogP contribution in [0, 0.1) is 11.8 Å². The normalized spacial score (nSPS) is 19.1. The zero-order valence-corrected chi connectivity index (χ0v) is 19.0. The Morgan fingerprint density at radius 3 is 2.77 bits per heavy atom. The molecule has 0 spiro atoms.